The zero-order valence-electron chi connectivity index (χ0n) is 13.4. The molecule has 0 radical (unpaired) electrons. The molecule has 2 aromatic rings. The number of nitrogens with one attached hydrogen (secondary N) is 1. The normalized spacial score (nSPS) is 16.9. The van der Waals surface area contributed by atoms with Crippen molar-refractivity contribution in [1.29, 1.82) is 0 Å². The fourth-order valence-corrected chi connectivity index (χ4v) is 4.65. The first-order chi connectivity index (χ1) is 11.2. The number of hydrogen-bond acceptors (Lipinski definition) is 4. The van der Waals surface area contributed by atoms with Crippen molar-refractivity contribution < 1.29 is 4.79 Å². The van der Waals surface area contributed by atoms with E-state index in [-0.39, 0.29) is 12.1 Å². The summed E-state index contributed by atoms with van der Waals surface area (Å²) in [5.41, 5.74) is 2.75. The van der Waals surface area contributed by atoms with E-state index in [2.05, 4.69) is 27.8 Å². The molecule has 0 unspecified atom stereocenters. The van der Waals surface area contributed by atoms with Crippen molar-refractivity contribution in [2.24, 2.45) is 5.92 Å². The van der Waals surface area contributed by atoms with Crippen LogP contribution in [0.15, 0.2) is 28.4 Å². The lowest BCUT2D eigenvalue weighted by Crippen LogP contribution is -2.41. The van der Waals surface area contributed by atoms with E-state index in [4.69, 9.17) is 0 Å². The van der Waals surface area contributed by atoms with Crippen molar-refractivity contribution in [2.45, 2.75) is 44.7 Å². The molecule has 0 bridgehead atoms. The summed E-state index contributed by atoms with van der Waals surface area (Å²) in [7, 11) is 1.83. The maximum Gasteiger partial charge on any atom is 0.318 e. The first-order valence-corrected chi connectivity index (χ1v) is 9.98. The SMILES string of the molecule is CN(Cc1cscn1)C(=O)N[C@H](c1cccs1)C1CCCCC1. The van der Waals surface area contributed by atoms with E-state index in [1.54, 1.807) is 33.1 Å². The standard InChI is InChI=1S/C17H23N3OS2/c1-20(10-14-11-22-12-18-14)17(21)19-16(15-8-5-9-23-15)13-6-3-2-4-7-13/h5,8-9,11-13,16H,2-4,6-7,10H2,1H3,(H,19,21)/t16-/m0/s1. The summed E-state index contributed by atoms with van der Waals surface area (Å²) < 4.78 is 0. The lowest BCUT2D eigenvalue weighted by molar-refractivity contribution is 0.191. The fourth-order valence-electron chi connectivity index (χ4n) is 3.23. The molecule has 0 saturated heterocycles. The van der Waals surface area contributed by atoms with Crippen molar-refractivity contribution in [2.75, 3.05) is 7.05 Å². The Morgan fingerprint density at radius 3 is 2.91 bits per heavy atom. The average Bonchev–Trinajstić information content (AvgIpc) is 3.26. The lowest BCUT2D eigenvalue weighted by atomic mass is 9.83. The van der Waals surface area contributed by atoms with Gasteiger partial charge in [0.05, 0.1) is 23.8 Å². The molecule has 0 aliphatic heterocycles. The Morgan fingerprint density at radius 2 is 2.26 bits per heavy atom. The zero-order chi connectivity index (χ0) is 16.1. The van der Waals surface area contributed by atoms with Gasteiger partial charge in [0.2, 0.25) is 0 Å². The number of carbonyl (C=O) groups excluding carboxylic acids is 1. The lowest BCUT2D eigenvalue weighted by Gasteiger charge is -2.31. The van der Waals surface area contributed by atoms with Crippen LogP contribution in [0.2, 0.25) is 0 Å². The highest BCUT2D eigenvalue weighted by Crippen LogP contribution is 2.36. The van der Waals surface area contributed by atoms with E-state index in [9.17, 15) is 4.79 Å². The van der Waals surface area contributed by atoms with Crippen LogP contribution < -0.4 is 5.32 Å². The fraction of sp³-hybridized carbons (Fsp3) is 0.529. The molecule has 2 amide bonds. The summed E-state index contributed by atoms with van der Waals surface area (Å²) in [6.07, 6.45) is 6.29. The number of urea groups is 1. The van der Waals surface area contributed by atoms with E-state index in [0.29, 0.717) is 12.5 Å². The highest BCUT2D eigenvalue weighted by atomic mass is 32.1. The van der Waals surface area contributed by atoms with Gasteiger partial charge in [-0.2, -0.15) is 0 Å². The van der Waals surface area contributed by atoms with Crippen LogP contribution in [0.1, 0.15) is 48.7 Å². The monoisotopic (exact) mass is 349 g/mol. The maximum absolute atomic E-state index is 12.6. The van der Waals surface area contributed by atoms with Gasteiger partial charge in [0.25, 0.3) is 0 Å². The number of amides is 2. The van der Waals surface area contributed by atoms with Gasteiger partial charge in [-0.1, -0.05) is 25.3 Å². The van der Waals surface area contributed by atoms with E-state index in [1.807, 2.05) is 12.4 Å². The molecule has 1 saturated carbocycles. The number of aromatic nitrogens is 1. The van der Waals surface area contributed by atoms with Crippen LogP contribution in [0, 0.1) is 5.92 Å². The molecule has 124 valence electrons. The Hall–Kier alpha value is -1.40. The van der Waals surface area contributed by atoms with E-state index >= 15 is 0 Å². The Bertz CT molecular complexity index is 591. The Balaban J connectivity index is 1.66. The van der Waals surface area contributed by atoms with Crippen molar-refractivity contribution in [1.82, 2.24) is 15.2 Å². The number of hydrogen-bond donors (Lipinski definition) is 1. The third kappa shape index (κ3) is 4.32. The molecule has 2 aromatic heterocycles. The first kappa shape index (κ1) is 16.5. The second-order valence-electron chi connectivity index (χ2n) is 6.18. The predicted molar refractivity (Wildman–Crippen MR) is 95.7 cm³/mol. The maximum atomic E-state index is 12.6. The molecule has 1 N–H and O–H groups in total. The average molecular weight is 350 g/mol. The summed E-state index contributed by atoms with van der Waals surface area (Å²) in [5, 5.41) is 7.36. The van der Waals surface area contributed by atoms with Crippen LogP contribution in [0.25, 0.3) is 0 Å². The van der Waals surface area contributed by atoms with Gasteiger partial charge in [-0.15, -0.1) is 22.7 Å². The number of carbonyl (C=O) groups is 1. The quantitative estimate of drug-likeness (QED) is 0.853. The van der Waals surface area contributed by atoms with Crippen LogP contribution >= 0.6 is 22.7 Å². The van der Waals surface area contributed by atoms with E-state index < -0.39 is 0 Å². The minimum absolute atomic E-state index is 0.0121. The Labute approximate surface area is 145 Å². The van der Waals surface area contributed by atoms with Gasteiger partial charge >= 0.3 is 6.03 Å². The minimum atomic E-state index is -0.0121. The number of thiophene rings is 1. The Kier molecular flexibility index (Phi) is 5.67. The summed E-state index contributed by atoms with van der Waals surface area (Å²) >= 11 is 3.30. The van der Waals surface area contributed by atoms with Crippen molar-refractivity contribution in [3.63, 3.8) is 0 Å². The largest absolute Gasteiger partial charge is 0.330 e. The van der Waals surface area contributed by atoms with Gasteiger partial charge in [0.1, 0.15) is 0 Å². The van der Waals surface area contributed by atoms with Crippen molar-refractivity contribution >= 4 is 28.7 Å². The zero-order valence-corrected chi connectivity index (χ0v) is 15.0. The molecule has 2 heterocycles. The van der Waals surface area contributed by atoms with Crippen molar-refractivity contribution in [3.05, 3.63) is 39.0 Å². The smallest absolute Gasteiger partial charge is 0.318 e. The van der Waals surface area contributed by atoms with Gasteiger partial charge in [-0.3, -0.25) is 0 Å². The third-order valence-corrected chi connectivity index (χ3v) is 6.07. The number of rotatable bonds is 5. The van der Waals surface area contributed by atoms with Gasteiger partial charge in [-0.05, 0) is 30.2 Å². The highest BCUT2D eigenvalue weighted by molar-refractivity contribution is 7.10. The molecule has 6 heteroatoms. The summed E-state index contributed by atoms with van der Waals surface area (Å²) in [6.45, 7) is 0.553. The van der Waals surface area contributed by atoms with Crippen LogP contribution in [0.4, 0.5) is 4.79 Å². The molecule has 23 heavy (non-hydrogen) atoms. The highest BCUT2D eigenvalue weighted by Gasteiger charge is 2.28. The molecular formula is C17H23N3OS2. The predicted octanol–water partition coefficient (Wildman–Crippen LogP) is 4.67. The van der Waals surface area contributed by atoms with E-state index in [0.717, 1.165) is 5.69 Å². The summed E-state index contributed by atoms with van der Waals surface area (Å²) in [6, 6.07) is 4.34. The van der Waals surface area contributed by atoms with E-state index in [1.165, 1.54) is 37.0 Å². The number of thiazole rings is 1. The molecule has 1 fully saturated rings. The minimum Gasteiger partial charge on any atom is -0.330 e. The van der Waals surface area contributed by atoms with Crippen LogP contribution in [-0.4, -0.2) is 23.0 Å². The first-order valence-electron chi connectivity index (χ1n) is 8.16. The Morgan fingerprint density at radius 1 is 1.43 bits per heavy atom. The van der Waals surface area contributed by atoms with Gasteiger partial charge in [0.15, 0.2) is 0 Å². The topological polar surface area (TPSA) is 45.2 Å². The molecular weight excluding hydrogens is 326 g/mol. The number of nitrogens with zero attached hydrogens (tertiary/aromatic N) is 2. The molecule has 4 nitrogen and oxygen atoms in total. The third-order valence-electron chi connectivity index (χ3n) is 4.48. The van der Waals surface area contributed by atoms with Gasteiger partial charge in [-0.25, -0.2) is 9.78 Å². The molecule has 0 aromatic carbocycles. The van der Waals surface area contributed by atoms with Crippen LogP contribution in [0.5, 0.6) is 0 Å². The molecule has 1 aliphatic rings. The van der Waals surface area contributed by atoms with Crippen LogP contribution in [-0.2, 0) is 6.54 Å². The van der Waals surface area contributed by atoms with Gasteiger partial charge < -0.3 is 10.2 Å². The second kappa shape index (κ2) is 7.93. The second-order valence-corrected chi connectivity index (χ2v) is 7.87. The van der Waals surface area contributed by atoms with Crippen molar-refractivity contribution in [3.8, 4) is 0 Å². The molecule has 1 atom stereocenters. The molecule has 0 spiro atoms. The van der Waals surface area contributed by atoms with Crippen LogP contribution in [0.3, 0.4) is 0 Å². The molecule has 1 aliphatic carbocycles. The summed E-state index contributed by atoms with van der Waals surface area (Å²) in [4.78, 5) is 19.9. The molecule has 3 rings (SSSR count). The van der Waals surface area contributed by atoms with Gasteiger partial charge in [0, 0.05) is 17.3 Å². The summed E-state index contributed by atoms with van der Waals surface area (Å²) in [5.74, 6) is 0.555.